The van der Waals surface area contributed by atoms with Gasteiger partial charge in [-0.2, -0.15) is 0 Å². The van der Waals surface area contributed by atoms with Crippen molar-refractivity contribution in [2.24, 2.45) is 0 Å². The van der Waals surface area contributed by atoms with Crippen LogP contribution in [0.4, 0.5) is 0 Å². The lowest BCUT2D eigenvalue weighted by molar-refractivity contribution is 0.827. The molecular formula is C6H4Cl5N3. The van der Waals surface area contributed by atoms with E-state index in [0.717, 1.165) is 0 Å². The molecule has 0 bridgehead atoms. The normalized spacial score (nSPS) is 12.2. The molecule has 0 aliphatic carbocycles. The third-order valence-corrected chi connectivity index (χ3v) is 2.11. The van der Waals surface area contributed by atoms with Gasteiger partial charge in [-0.25, -0.2) is 15.0 Å². The maximum atomic E-state index is 5.60. The summed E-state index contributed by atoms with van der Waals surface area (Å²) in [6, 6.07) is 0. The van der Waals surface area contributed by atoms with Crippen LogP contribution in [0.1, 0.15) is 22.3 Å². The van der Waals surface area contributed by atoms with Gasteiger partial charge in [-0.3, -0.25) is 0 Å². The van der Waals surface area contributed by atoms with Gasteiger partial charge in [-0.1, -0.05) is 58.0 Å². The van der Waals surface area contributed by atoms with Gasteiger partial charge in [0.25, 0.3) is 0 Å². The Balaban J connectivity index is 3.21. The fourth-order valence-electron chi connectivity index (χ4n) is 0.727. The lowest BCUT2D eigenvalue weighted by Gasteiger charge is -2.10. The van der Waals surface area contributed by atoms with E-state index >= 15 is 0 Å². The summed E-state index contributed by atoms with van der Waals surface area (Å²) >= 11 is 28.0. The summed E-state index contributed by atoms with van der Waals surface area (Å²) in [5, 5.41) is 0. The first-order valence-corrected chi connectivity index (χ1v) is 5.39. The van der Waals surface area contributed by atoms with Crippen molar-refractivity contribution in [1.29, 1.82) is 0 Å². The Hall–Kier alpha value is 0.460. The Kier molecular flexibility index (Phi) is 4.06. The molecule has 14 heavy (non-hydrogen) atoms. The highest BCUT2D eigenvalue weighted by molar-refractivity contribution is 6.66. The minimum absolute atomic E-state index is 0.0105. The van der Waals surface area contributed by atoms with Gasteiger partial charge in [0.05, 0.1) is 0 Å². The highest BCUT2D eigenvalue weighted by Gasteiger charge is 2.28. The quantitative estimate of drug-likeness (QED) is 0.745. The van der Waals surface area contributed by atoms with Gasteiger partial charge in [0.1, 0.15) is 5.82 Å². The minimum Gasteiger partial charge on any atom is -0.215 e. The zero-order chi connectivity index (χ0) is 10.9. The van der Waals surface area contributed by atoms with E-state index in [4.69, 9.17) is 58.0 Å². The fraction of sp³-hybridized carbons (Fsp3) is 0.500. The number of rotatable bonds is 1. The largest absolute Gasteiger partial charge is 0.250 e. The van der Waals surface area contributed by atoms with Crippen LogP contribution in [0.2, 0.25) is 0 Å². The molecule has 0 amide bonds. The van der Waals surface area contributed by atoms with Gasteiger partial charge < -0.3 is 0 Å². The Morgan fingerprint density at radius 2 is 1.64 bits per heavy atom. The lowest BCUT2D eigenvalue weighted by atomic mass is 10.5. The summed E-state index contributed by atoms with van der Waals surface area (Å²) in [5.74, 6) is 0.570. The second kappa shape index (κ2) is 4.54. The average molecular weight is 295 g/mol. The maximum absolute atomic E-state index is 5.60. The summed E-state index contributed by atoms with van der Waals surface area (Å²) in [6.07, 6.45) is 0. The summed E-state index contributed by atoms with van der Waals surface area (Å²) in [7, 11) is 0. The zero-order valence-corrected chi connectivity index (χ0v) is 10.6. The fourth-order valence-corrected chi connectivity index (χ4v) is 1.18. The second-order valence-electron chi connectivity index (χ2n) is 2.36. The number of aromatic nitrogens is 3. The van der Waals surface area contributed by atoms with Gasteiger partial charge in [0.15, 0.2) is 16.5 Å². The van der Waals surface area contributed by atoms with E-state index in [0.29, 0.717) is 5.82 Å². The van der Waals surface area contributed by atoms with Crippen molar-refractivity contribution < 1.29 is 0 Å². The molecule has 0 saturated heterocycles. The standard InChI is InChI=1S/C6H4Cl5N3/c1-2-12-4(3(7)8)14-5(13-2)6(9,10)11/h3H,1H3. The Morgan fingerprint density at radius 3 is 2.07 bits per heavy atom. The van der Waals surface area contributed by atoms with Crippen molar-refractivity contribution >= 4 is 58.0 Å². The third-order valence-electron chi connectivity index (χ3n) is 1.21. The van der Waals surface area contributed by atoms with Crippen LogP contribution in [-0.2, 0) is 3.79 Å². The van der Waals surface area contributed by atoms with Gasteiger partial charge in [-0.15, -0.1) is 0 Å². The maximum Gasteiger partial charge on any atom is 0.250 e. The topological polar surface area (TPSA) is 38.7 Å². The first-order chi connectivity index (χ1) is 6.30. The predicted octanol–water partition coefficient (Wildman–Crippen LogP) is 3.48. The van der Waals surface area contributed by atoms with Crippen LogP contribution in [0.5, 0.6) is 0 Å². The first-order valence-electron chi connectivity index (χ1n) is 3.38. The molecule has 1 aromatic heterocycles. The highest BCUT2D eigenvalue weighted by Crippen LogP contribution is 2.36. The lowest BCUT2D eigenvalue weighted by Crippen LogP contribution is -2.12. The summed E-state index contributed by atoms with van der Waals surface area (Å²) in [5.41, 5.74) is 0. The summed E-state index contributed by atoms with van der Waals surface area (Å²) < 4.78 is -1.70. The molecule has 3 nitrogen and oxygen atoms in total. The van der Waals surface area contributed by atoms with Crippen LogP contribution >= 0.6 is 58.0 Å². The molecule has 78 valence electrons. The van der Waals surface area contributed by atoms with Gasteiger partial charge in [0.2, 0.25) is 3.79 Å². The second-order valence-corrected chi connectivity index (χ2v) is 5.74. The number of hydrogen-bond donors (Lipinski definition) is 0. The number of alkyl halides is 5. The van der Waals surface area contributed by atoms with Crippen LogP contribution in [0.15, 0.2) is 0 Å². The minimum atomic E-state index is -1.70. The van der Waals surface area contributed by atoms with Crippen LogP contribution in [0.3, 0.4) is 0 Å². The third kappa shape index (κ3) is 3.24. The van der Waals surface area contributed by atoms with E-state index in [2.05, 4.69) is 15.0 Å². The molecule has 0 atom stereocenters. The van der Waals surface area contributed by atoms with Gasteiger partial charge in [-0.05, 0) is 6.92 Å². The van der Waals surface area contributed by atoms with Crippen LogP contribution < -0.4 is 0 Å². The number of aryl methyl sites for hydroxylation is 1. The van der Waals surface area contributed by atoms with E-state index in [1.54, 1.807) is 6.92 Å². The van der Waals surface area contributed by atoms with Crippen molar-refractivity contribution in [1.82, 2.24) is 15.0 Å². The monoisotopic (exact) mass is 293 g/mol. The molecule has 0 saturated carbocycles. The molecule has 1 heterocycles. The van der Waals surface area contributed by atoms with E-state index in [1.165, 1.54) is 0 Å². The van der Waals surface area contributed by atoms with Crippen LogP contribution in [0, 0.1) is 6.92 Å². The van der Waals surface area contributed by atoms with Crippen molar-refractivity contribution in [2.75, 3.05) is 0 Å². The molecule has 0 aliphatic heterocycles. The van der Waals surface area contributed by atoms with Gasteiger partial charge in [0, 0.05) is 0 Å². The first kappa shape index (κ1) is 12.5. The number of halogens is 5. The molecule has 0 aromatic carbocycles. The zero-order valence-electron chi connectivity index (χ0n) is 6.81. The van der Waals surface area contributed by atoms with Crippen LogP contribution in [0.25, 0.3) is 0 Å². The summed E-state index contributed by atoms with van der Waals surface area (Å²) in [6.45, 7) is 1.63. The van der Waals surface area contributed by atoms with E-state index in [-0.39, 0.29) is 11.6 Å². The van der Waals surface area contributed by atoms with Crippen LogP contribution in [-0.4, -0.2) is 15.0 Å². The highest BCUT2D eigenvalue weighted by atomic mass is 35.6. The van der Waals surface area contributed by atoms with E-state index in [9.17, 15) is 0 Å². The number of nitrogens with zero attached hydrogens (tertiary/aromatic N) is 3. The Labute approximate surface area is 106 Å². The molecule has 1 rings (SSSR count). The van der Waals surface area contributed by atoms with Crippen molar-refractivity contribution in [3.8, 4) is 0 Å². The molecule has 0 aliphatic rings. The molecule has 0 radical (unpaired) electrons. The number of hydrogen-bond acceptors (Lipinski definition) is 3. The van der Waals surface area contributed by atoms with E-state index < -0.39 is 8.63 Å². The van der Waals surface area contributed by atoms with Crippen molar-refractivity contribution in [3.05, 3.63) is 17.5 Å². The smallest absolute Gasteiger partial charge is 0.215 e. The Morgan fingerprint density at radius 1 is 1.07 bits per heavy atom. The molecule has 8 heteroatoms. The molecule has 1 aromatic rings. The molecular weight excluding hydrogens is 291 g/mol. The Bertz CT molecular complexity index is 335. The van der Waals surface area contributed by atoms with Gasteiger partial charge >= 0.3 is 0 Å². The molecule has 0 N–H and O–H groups in total. The molecule has 0 fully saturated rings. The predicted molar refractivity (Wildman–Crippen MR) is 58.2 cm³/mol. The molecule has 0 unspecified atom stereocenters. The van der Waals surface area contributed by atoms with Crippen molar-refractivity contribution in [2.45, 2.75) is 15.6 Å². The molecule has 0 spiro atoms. The average Bonchev–Trinajstić information content (AvgIpc) is 2.01. The summed E-state index contributed by atoms with van der Waals surface area (Å²) in [4.78, 5) is 10.7. The van der Waals surface area contributed by atoms with E-state index in [1.807, 2.05) is 0 Å². The van der Waals surface area contributed by atoms with Crippen molar-refractivity contribution in [3.63, 3.8) is 0 Å². The SMILES string of the molecule is Cc1nc(C(Cl)Cl)nc(C(Cl)(Cl)Cl)n1.